The number of carbonyl (C=O) groups is 1. The van der Waals surface area contributed by atoms with Crippen molar-refractivity contribution >= 4 is 17.6 Å². The van der Waals surface area contributed by atoms with Crippen LogP contribution in [0.3, 0.4) is 0 Å². The molecule has 3 rings (SSSR count). The summed E-state index contributed by atoms with van der Waals surface area (Å²) in [5.74, 6) is -0.439. The van der Waals surface area contributed by atoms with Crippen molar-refractivity contribution in [2.24, 2.45) is 0 Å². The lowest BCUT2D eigenvalue weighted by Gasteiger charge is -2.19. The van der Waals surface area contributed by atoms with Gasteiger partial charge in [-0.25, -0.2) is 14.3 Å². The molecule has 1 aliphatic heterocycles. The van der Waals surface area contributed by atoms with Crippen molar-refractivity contribution in [1.29, 1.82) is 0 Å². The summed E-state index contributed by atoms with van der Waals surface area (Å²) < 4.78 is 2.68. The Balaban J connectivity index is 2.04. The molecule has 2 heterocycles. The molecule has 0 spiro atoms. The van der Waals surface area contributed by atoms with Crippen molar-refractivity contribution < 1.29 is 9.90 Å². The van der Waals surface area contributed by atoms with Gasteiger partial charge in [-0.3, -0.25) is 4.57 Å². The fraction of sp³-hybridized carbons (Fsp3) is 0.400. The first kappa shape index (κ1) is 14.8. The smallest absolute Gasteiger partial charge is 0.347 e. The summed E-state index contributed by atoms with van der Waals surface area (Å²) in [7, 11) is 0. The summed E-state index contributed by atoms with van der Waals surface area (Å²) in [4.78, 5) is 23.9. The van der Waals surface area contributed by atoms with Crippen molar-refractivity contribution in [2.45, 2.75) is 38.3 Å². The summed E-state index contributed by atoms with van der Waals surface area (Å²) in [5.41, 5.74) is 0.526. The predicted octanol–water partition coefficient (Wildman–Crippen LogP) is 2.27. The lowest BCUT2D eigenvalue weighted by molar-refractivity contribution is -0.141. The summed E-state index contributed by atoms with van der Waals surface area (Å²) in [6.07, 6.45) is 1.81. The molecule has 7 heteroatoms. The summed E-state index contributed by atoms with van der Waals surface area (Å²) in [6.45, 7) is 1.86. The number of hydrogen-bond acceptors (Lipinski definition) is 3. The van der Waals surface area contributed by atoms with E-state index in [4.69, 9.17) is 11.6 Å². The van der Waals surface area contributed by atoms with Gasteiger partial charge in [-0.15, -0.1) is 0 Å². The molecule has 6 nitrogen and oxygen atoms in total. The standard InChI is InChI=1S/C15H16ClN3O3/c1-9(10-5-7-11(16)8-6-10)19-15(22)18-12(14(20)21)3-2-4-13(18)17-19/h5-9,12H,2-4H2,1H3,(H,20,21). The number of benzene rings is 1. The highest BCUT2D eigenvalue weighted by molar-refractivity contribution is 6.30. The lowest BCUT2D eigenvalue weighted by atomic mass is 10.1. The van der Waals surface area contributed by atoms with E-state index in [1.807, 2.05) is 19.1 Å². The number of hydrogen-bond donors (Lipinski definition) is 1. The van der Waals surface area contributed by atoms with E-state index < -0.39 is 12.0 Å². The van der Waals surface area contributed by atoms with Gasteiger partial charge in [-0.2, -0.15) is 5.10 Å². The Kier molecular flexibility index (Phi) is 3.78. The monoisotopic (exact) mass is 321 g/mol. The Morgan fingerprint density at radius 2 is 2.09 bits per heavy atom. The topological polar surface area (TPSA) is 77.1 Å². The minimum atomic E-state index is -0.984. The third-order valence-electron chi connectivity index (χ3n) is 4.10. The normalized spacial score (nSPS) is 18.7. The van der Waals surface area contributed by atoms with E-state index in [-0.39, 0.29) is 11.7 Å². The number of aromatic nitrogens is 3. The van der Waals surface area contributed by atoms with E-state index in [2.05, 4.69) is 5.10 Å². The number of halogens is 1. The largest absolute Gasteiger partial charge is 0.480 e. The van der Waals surface area contributed by atoms with Crippen LogP contribution in [0.5, 0.6) is 0 Å². The zero-order valence-electron chi connectivity index (χ0n) is 12.1. The van der Waals surface area contributed by atoms with E-state index in [1.54, 1.807) is 12.1 Å². The van der Waals surface area contributed by atoms with Gasteiger partial charge in [0.2, 0.25) is 0 Å². The molecule has 0 saturated carbocycles. The molecule has 0 bridgehead atoms. The first-order valence-corrected chi connectivity index (χ1v) is 7.55. The summed E-state index contributed by atoms with van der Waals surface area (Å²) in [5, 5.41) is 14.3. The van der Waals surface area contributed by atoms with Crippen LogP contribution in [0.1, 0.15) is 43.2 Å². The number of aliphatic carboxylic acids is 1. The maximum absolute atomic E-state index is 12.6. The molecule has 2 atom stereocenters. The second-order valence-corrected chi connectivity index (χ2v) is 5.92. The SMILES string of the molecule is CC(c1ccc(Cl)cc1)n1nc2n(c1=O)C(C(=O)O)CCC2. The highest BCUT2D eigenvalue weighted by Crippen LogP contribution is 2.24. The van der Waals surface area contributed by atoms with Gasteiger partial charge in [0, 0.05) is 11.4 Å². The highest BCUT2D eigenvalue weighted by atomic mass is 35.5. The van der Waals surface area contributed by atoms with E-state index in [0.29, 0.717) is 23.7 Å². The number of rotatable bonds is 3. The molecule has 22 heavy (non-hydrogen) atoms. The minimum Gasteiger partial charge on any atom is -0.480 e. The van der Waals surface area contributed by atoms with E-state index in [9.17, 15) is 14.7 Å². The van der Waals surface area contributed by atoms with Crippen molar-refractivity contribution in [3.8, 4) is 0 Å². The van der Waals surface area contributed by atoms with Crippen molar-refractivity contribution in [1.82, 2.24) is 14.3 Å². The minimum absolute atomic E-state index is 0.280. The number of carboxylic acid groups (broad SMARTS) is 1. The lowest BCUT2D eigenvalue weighted by Crippen LogP contribution is -2.35. The summed E-state index contributed by atoms with van der Waals surface area (Å²) >= 11 is 5.88. The molecular weight excluding hydrogens is 306 g/mol. The Bertz CT molecular complexity index is 763. The van der Waals surface area contributed by atoms with Crippen molar-refractivity contribution in [2.75, 3.05) is 0 Å². The molecular formula is C15H16ClN3O3. The quantitative estimate of drug-likeness (QED) is 0.940. The Hall–Kier alpha value is -2.08. The first-order chi connectivity index (χ1) is 10.5. The summed E-state index contributed by atoms with van der Waals surface area (Å²) in [6, 6.07) is 6.10. The van der Waals surface area contributed by atoms with E-state index in [0.717, 1.165) is 12.0 Å². The van der Waals surface area contributed by atoms with E-state index in [1.165, 1.54) is 9.25 Å². The average molecular weight is 322 g/mol. The van der Waals surface area contributed by atoms with Crippen LogP contribution in [0, 0.1) is 0 Å². The second-order valence-electron chi connectivity index (χ2n) is 5.49. The Labute approximate surface area is 131 Å². The molecule has 1 N–H and O–H groups in total. The van der Waals surface area contributed by atoms with Crippen LogP contribution in [0.4, 0.5) is 0 Å². The molecule has 0 fully saturated rings. The van der Waals surface area contributed by atoms with Crippen LogP contribution in [-0.2, 0) is 11.2 Å². The molecule has 1 aliphatic rings. The van der Waals surface area contributed by atoms with Crippen molar-refractivity contribution in [3.05, 3.63) is 51.2 Å². The van der Waals surface area contributed by atoms with Gasteiger partial charge in [0.15, 0.2) is 0 Å². The van der Waals surface area contributed by atoms with Gasteiger partial charge < -0.3 is 5.11 Å². The van der Waals surface area contributed by atoms with Gasteiger partial charge in [-0.1, -0.05) is 23.7 Å². The van der Waals surface area contributed by atoms with Crippen LogP contribution in [0.2, 0.25) is 5.02 Å². The van der Waals surface area contributed by atoms with Gasteiger partial charge >= 0.3 is 11.7 Å². The molecule has 1 aromatic heterocycles. The Morgan fingerprint density at radius 1 is 1.41 bits per heavy atom. The second kappa shape index (κ2) is 5.61. The molecule has 2 unspecified atom stereocenters. The predicted molar refractivity (Wildman–Crippen MR) is 81.4 cm³/mol. The fourth-order valence-corrected chi connectivity index (χ4v) is 3.00. The number of aryl methyl sites for hydroxylation is 1. The van der Waals surface area contributed by atoms with Crippen LogP contribution in [0.15, 0.2) is 29.1 Å². The maximum atomic E-state index is 12.6. The van der Waals surface area contributed by atoms with Gasteiger partial charge in [-0.05, 0) is 37.5 Å². The number of nitrogens with zero attached hydrogens (tertiary/aromatic N) is 3. The van der Waals surface area contributed by atoms with Gasteiger partial charge in [0.05, 0.1) is 6.04 Å². The zero-order valence-corrected chi connectivity index (χ0v) is 12.8. The van der Waals surface area contributed by atoms with Crippen LogP contribution in [0.25, 0.3) is 0 Å². The van der Waals surface area contributed by atoms with E-state index >= 15 is 0 Å². The molecule has 2 aromatic rings. The fourth-order valence-electron chi connectivity index (χ4n) is 2.87. The molecule has 116 valence electrons. The van der Waals surface area contributed by atoms with Crippen LogP contribution >= 0.6 is 11.6 Å². The molecule has 0 saturated heterocycles. The number of carboxylic acids is 1. The first-order valence-electron chi connectivity index (χ1n) is 7.17. The molecule has 0 aliphatic carbocycles. The molecule has 1 aromatic carbocycles. The molecule has 0 amide bonds. The highest BCUT2D eigenvalue weighted by Gasteiger charge is 2.31. The average Bonchev–Trinajstić information content (AvgIpc) is 2.84. The third-order valence-corrected chi connectivity index (χ3v) is 4.35. The van der Waals surface area contributed by atoms with Crippen LogP contribution in [-0.4, -0.2) is 25.4 Å². The third kappa shape index (κ3) is 2.43. The van der Waals surface area contributed by atoms with Gasteiger partial charge in [0.1, 0.15) is 11.9 Å². The Morgan fingerprint density at radius 3 is 2.73 bits per heavy atom. The van der Waals surface area contributed by atoms with Crippen molar-refractivity contribution in [3.63, 3.8) is 0 Å². The zero-order chi connectivity index (χ0) is 15.9. The van der Waals surface area contributed by atoms with Crippen LogP contribution < -0.4 is 5.69 Å². The maximum Gasteiger partial charge on any atom is 0.347 e. The van der Waals surface area contributed by atoms with Gasteiger partial charge in [0.25, 0.3) is 0 Å². The molecule has 0 radical (unpaired) electrons. The number of fused-ring (bicyclic) bond motifs is 1.